The number of nitrogens with zero attached hydrogens (tertiary/aromatic N) is 2. The maximum atomic E-state index is 13.3. The quantitative estimate of drug-likeness (QED) is 0.524. The van der Waals surface area contributed by atoms with Crippen LogP contribution < -0.4 is 10.1 Å². The molecular formula is C27H31N3O3S. The van der Waals surface area contributed by atoms with Gasteiger partial charge in [-0.2, -0.15) is 0 Å². The molecule has 0 unspecified atom stereocenters. The lowest BCUT2D eigenvalue weighted by Crippen LogP contribution is -2.45. The van der Waals surface area contributed by atoms with E-state index in [9.17, 15) is 9.59 Å². The first kappa shape index (κ1) is 24.0. The van der Waals surface area contributed by atoms with Crippen molar-refractivity contribution in [2.75, 3.05) is 13.7 Å². The largest absolute Gasteiger partial charge is 0.497 e. The minimum absolute atomic E-state index is 0.109. The zero-order valence-corrected chi connectivity index (χ0v) is 20.9. The Kier molecular flexibility index (Phi) is 7.32. The maximum absolute atomic E-state index is 13.3. The topological polar surface area (TPSA) is 71.5 Å². The molecule has 3 aromatic rings. The number of thiazole rings is 1. The molecule has 2 amide bonds. The number of ether oxygens (including phenoxy) is 1. The van der Waals surface area contributed by atoms with Crippen LogP contribution in [-0.2, 0) is 11.3 Å². The number of nitrogens with one attached hydrogen (secondary N) is 1. The van der Waals surface area contributed by atoms with E-state index in [-0.39, 0.29) is 17.7 Å². The summed E-state index contributed by atoms with van der Waals surface area (Å²) in [5.74, 6) is 1.06. The Bertz CT molecular complexity index is 1160. The van der Waals surface area contributed by atoms with E-state index in [1.165, 1.54) is 0 Å². The third-order valence-corrected chi connectivity index (χ3v) is 7.56. The smallest absolute Gasteiger partial charge is 0.254 e. The lowest BCUT2D eigenvalue weighted by molar-refractivity contribution is -0.125. The van der Waals surface area contributed by atoms with Crippen molar-refractivity contribution in [2.45, 2.75) is 39.8 Å². The fraction of sp³-hybridized carbons (Fsp3) is 0.370. The fourth-order valence-corrected chi connectivity index (χ4v) is 5.22. The fourth-order valence-electron chi connectivity index (χ4n) is 4.41. The summed E-state index contributed by atoms with van der Waals surface area (Å²) in [5.41, 5.74) is 5.55. The maximum Gasteiger partial charge on any atom is 0.254 e. The Hall–Kier alpha value is -3.19. The molecule has 6 nitrogen and oxygen atoms in total. The molecule has 0 radical (unpaired) electrons. The molecule has 0 spiro atoms. The Morgan fingerprint density at radius 3 is 2.62 bits per heavy atom. The van der Waals surface area contributed by atoms with Gasteiger partial charge < -0.3 is 15.0 Å². The molecule has 4 rings (SSSR count). The Balaban J connectivity index is 1.45. The lowest BCUT2D eigenvalue weighted by Gasteiger charge is -2.24. The van der Waals surface area contributed by atoms with Gasteiger partial charge in [0, 0.05) is 18.7 Å². The van der Waals surface area contributed by atoms with Crippen LogP contribution in [0.15, 0.2) is 54.0 Å². The van der Waals surface area contributed by atoms with Gasteiger partial charge in [0.2, 0.25) is 5.91 Å². The van der Waals surface area contributed by atoms with Gasteiger partial charge in [-0.3, -0.25) is 9.59 Å². The van der Waals surface area contributed by atoms with Crippen LogP contribution in [0.3, 0.4) is 0 Å². The minimum Gasteiger partial charge on any atom is -0.497 e. The Morgan fingerprint density at radius 2 is 1.97 bits per heavy atom. The summed E-state index contributed by atoms with van der Waals surface area (Å²) >= 11 is 1.62. The highest BCUT2D eigenvalue weighted by molar-refractivity contribution is 7.13. The molecule has 1 aromatic heterocycles. The van der Waals surface area contributed by atoms with Gasteiger partial charge in [-0.15, -0.1) is 11.3 Å². The van der Waals surface area contributed by atoms with Gasteiger partial charge in [-0.25, -0.2) is 4.98 Å². The zero-order chi connectivity index (χ0) is 24.2. The first-order chi connectivity index (χ1) is 16.4. The summed E-state index contributed by atoms with van der Waals surface area (Å²) in [4.78, 5) is 33.8. The molecular weight excluding hydrogens is 446 g/mol. The van der Waals surface area contributed by atoms with Crippen molar-refractivity contribution in [1.82, 2.24) is 15.2 Å². The number of benzene rings is 2. The molecule has 2 aromatic carbocycles. The number of likely N-dealkylation sites (tertiary alicyclic amines) is 1. The number of rotatable bonds is 7. The van der Waals surface area contributed by atoms with Gasteiger partial charge >= 0.3 is 0 Å². The number of methoxy groups -OCH3 is 1. The summed E-state index contributed by atoms with van der Waals surface area (Å²) in [5, 5.41) is 3.06. The molecule has 7 heteroatoms. The van der Waals surface area contributed by atoms with Crippen molar-refractivity contribution in [1.29, 1.82) is 0 Å². The number of carbonyl (C=O) groups is 2. The normalized spacial score (nSPS) is 17.7. The predicted molar refractivity (Wildman–Crippen MR) is 135 cm³/mol. The Morgan fingerprint density at radius 1 is 1.21 bits per heavy atom. The molecule has 2 heterocycles. The number of carbonyl (C=O) groups excluding carboxylic acids is 2. The van der Waals surface area contributed by atoms with Crippen molar-refractivity contribution in [2.24, 2.45) is 11.8 Å². The molecule has 1 saturated heterocycles. The van der Waals surface area contributed by atoms with E-state index in [1.807, 2.05) is 30.6 Å². The predicted octanol–water partition coefficient (Wildman–Crippen LogP) is 4.93. The van der Waals surface area contributed by atoms with Gasteiger partial charge in [0.25, 0.3) is 5.91 Å². The van der Waals surface area contributed by atoms with Crippen molar-refractivity contribution >= 4 is 23.2 Å². The van der Waals surface area contributed by atoms with E-state index < -0.39 is 6.04 Å². The number of hydrogen-bond acceptors (Lipinski definition) is 5. The molecule has 2 atom stereocenters. The first-order valence-corrected chi connectivity index (χ1v) is 12.5. The second kappa shape index (κ2) is 10.4. The molecule has 1 aliphatic rings. The van der Waals surface area contributed by atoms with E-state index >= 15 is 0 Å². The SMILES string of the molecule is COc1cccc(C(=O)N2C[C@H](C(C)C)C[C@H]2C(=O)NCc2ccc(-c3scnc3C)cc2)c1. The first-order valence-electron chi connectivity index (χ1n) is 11.6. The molecule has 0 saturated carbocycles. The van der Waals surface area contributed by atoms with Crippen LogP contribution in [0.2, 0.25) is 0 Å². The summed E-state index contributed by atoms with van der Waals surface area (Å²) in [7, 11) is 1.58. The molecule has 34 heavy (non-hydrogen) atoms. The number of aryl methyl sites for hydroxylation is 1. The van der Waals surface area contributed by atoms with E-state index in [2.05, 4.69) is 36.3 Å². The van der Waals surface area contributed by atoms with E-state index in [0.717, 1.165) is 21.7 Å². The van der Waals surface area contributed by atoms with Crippen molar-refractivity contribution < 1.29 is 14.3 Å². The van der Waals surface area contributed by atoms with Crippen molar-refractivity contribution in [3.8, 4) is 16.2 Å². The highest BCUT2D eigenvalue weighted by Gasteiger charge is 2.40. The van der Waals surface area contributed by atoms with Crippen LogP contribution in [0.25, 0.3) is 10.4 Å². The van der Waals surface area contributed by atoms with Crippen LogP contribution in [0.1, 0.15) is 41.9 Å². The second-order valence-corrected chi connectivity index (χ2v) is 9.98. The zero-order valence-electron chi connectivity index (χ0n) is 20.1. The van der Waals surface area contributed by atoms with E-state index in [4.69, 9.17) is 4.74 Å². The van der Waals surface area contributed by atoms with E-state index in [0.29, 0.717) is 36.7 Å². The molecule has 1 N–H and O–H groups in total. The van der Waals surface area contributed by atoms with Gasteiger partial charge in [-0.1, -0.05) is 44.2 Å². The third-order valence-electron chi connectivity index (χ3n) is 6.58. The van der Waals surface area contributed by atoms with Crippen LogP contribution in [0.4, 0.5) is 0 Å². The standard InChI is InChI=1S/C27H31N3O3S/c1-17(2)22-13-24(30(15-22)27(32)21-6-5-7-23(12-21)33-4)26(31)28-14-19-8-10-20(11-9-19)25-18(3)29-16-34-25/h5-12,16-17,22,24H,13-15H2,1-4H3,(H,28,31)/t22-,24+/m1/s1. The molecule has 178 valence electrons. The molecule has 0 aliphatic carbocycles. The Labute approximate surface area is 205 Å². The van der Waals surface area contributed by atoms with Crippen LogP contribution >= 0.6 is 11.3 Å². The van der Waals surface area contributed by atoms with Gasteiger partial charge in [-0.05, 0) is 54.5 Å². The van der Waals surface area contributed by atoms with Crippen molar-refractivity contribution in [3.63, 3.8) is 0 Å². The number of amides is 2. The van der Waals surface area contributed by atoms with Gasteiger partial charge in [0.05, 0.1) is 23.2 Å². The number of aromatic nitrogens is 1. The lowest BCUT2D eigenvalue weighted by atomic mass is 9.93. The molecule has 0 bridgehead atoms. The summed E-state index contributed by atoms with van der Waals surface area (Å²) in [6, 6.07) is 14.8. The highest BCUT2D eigenvalue weighted by atomic mass is 32.1. The summed E-state index contributed by atoms with van der Waals surface area (Å²) in [6.07, 6.45) is 0.669. The van der Waals surface area contributed by atoms with Gasteiger partial charge in [0.15, 0.2) is 0 Å². The van der Waals surface area contributed by atoms with Crippen LogP contribution in [0.5, 0.6) is 5.75 Å². The van der Waals surface area contributed by atoms with Gasteiger partial charge in [0.1, 0.15) is 11.8 Å². The van der Waals surface area contributed by atoms with Crippen molar-refractivity contribution in [3.05, 3.63) is 70.9 Å². The average molecular weight is 478 g/mol. The summed E-state index contributed by atoms with van der Waals surface area (Å²) in [6.45, 7) is 7.29. The number of hydrogen-bond donors (Lipinski definition) is 1. The monoisotopic (exact) mass is 477 g/mol. The summed E-state index contributed by atoms with van der Waals surface area (Å²) < 4.78 is 5.27. The van der Waals surface area contributed by atoms with Crippen LogP contribution in [0, 0.1) is 18.8 Å². The third kappa shape index (κ3) is 5.14. The minimum atomic E-state index is -0.481. The van der Waals surface area contributed by atoms with Crippen LogP contribution in [-0.4, -0.2) is 41.4 Å². The molecule has 1 fully saturated rings. The molecule has 1 aliphatic heterocycles. The highest BCUT2D eigenvalue weighted by Crippen LogP contribution is 2.31. The average Bonchev–Trinajstić information content (AvgIpc) is 3.49. The van der Waals surface area contributed by atoms with E-state index in [1.54, 1.807) is 41.5 Å². The second-order valence-electron chi connectivity index (χ2n) is 9.13.